The molecule has 0 fully saturated rings. The lowest BCUT2D eigenvalue weighted by Gasteiger charge is -2.06. The minimum atomic E-state index is -0.684. The molecule has 3 nitrogen and oxygen atoms in total. The molecule has 2 rings (SSSR count). The Bertz CT molecular complexity index is 509. The highest BCUT2D eigenvalue weighted by Crippen LogP contribution is 2.21. The maximum absolute atomic E-state index is 12.9. The summed E-state index contributed by atoms with van der Waals surface area (Å²) in [6.07, 6.45) is 1.64. The first-order valence-electron chi connectivity index (χ1n) is 5.41. The van der Waals surface area contributed by atoms with Gasteiger partial charge in [-0.25, -0.2) is 13.8 Å². The van der Waals surface area contributed by atoms with E-state index < -0.39 is 11.6 Å². The van der Waals surface area contributed by atoms with Crippen molar-refractivity contribution in [2.45, 2.75) is 6.54 Å². The SMILES string of the molecule is CNCc1ccc(Oc2cc(F)cc(F)c2)nc1. The largest absolute Gasteiger partial charge is 0.439 e. The number of halogens is 2. The summed E-state index contributed by atoms with van der Waals surface area (Å²) in [4.78, 5) is 4.04. The third-order valence-corrected chi connectivity index (χ3v) is 2.24. The van der Waals surface area contributed by atoms with Crippen molar-refractivity contribution < 1.29 is 13.5 Å². The molecule has 94 valence electrons. The van der Waals surface area contributed by atoms with Gasteiger partial charge in [-0.1, -0.05) is 6.07 Å². The number of nitrogens with zero attached hydrogens (tertiary/aromatic N) is 1. The van der Waals surface area contributed by atoms with Gasteiger partial charge in [0.25, 0.3) is 0 Å². The second kappa shape index (κ2) is 5.55. The van der Waals surface area contributed by atoms with Gasteiger partial charge in [0.1, 0.15) is 17.4 Å². The summed E-state index contributed by atoms with van der Waals surface area (Å²) in [6, 6.07) is 6.47. The highest BCUT2D eigenvalue weighted by molar-refractivity contribution is 5.29. The minimum Gasteiger partial charge on any atom is -0.439 e. The van der Waals surface area contributed by atoms with E-state index in [1.807, 2.05) is 13.1 Å². The fraction of sp³-hybridized carbons (Fsp3) is 0.154. The molecule has 1 N–H and O–H groups in total. The van der Waals surface area contributed by atoms with Crippen LogP contribution in [0.4, 0.5) is 8.78 Å². The van der Waals surface area contributed by atoms with Crippen LogP contribution in [0.1, 0.15) is 5.56 Å². The smallest absolute Gasteiger partial charge is 0.219 e. The van der Waals surface area contributed by atoms with Gasteiger partial charge in [0.15, 0.2) is 0 Å². The molecule has 18 heavy (non-hydrogen) atoms. The Morgan fingerprint density at radius 2 is 1.89 bits per heavy atom. The maximum atomic E-state index is 12.9. The van der Waals surface area contributed by atoms with Gasteiger partial charge < -0.3 is 10.1 Å². The van der Waals surface area contributed by atoms with Crippen molar-refractivity contribution in [2.75, 3.05) is 7.05 Å². The number of pyridine rings is 1. The Hall–Kier alpha value is -2.01. The van der Waals surface area contributed by atoms with Crippen molar-refractivity contribution >= 4 is 0 Å². The van der Waals surface area contributed by atoms with Crippen molar-refractivity contribution in [2.24, 2.45) is 0 Å². The number of rotatable bonds is 4. The van der Waals surface area contributed by atoms with Crippen LogP contribution in [-0.4, -0.2) is 12.0 Å². The van der Waals surface area contributed by atoms with E-state index in [0.717, 1.165) is 23.8 Å². The van der Waals surface area contributed by atoms with Crippen LogP contribution < -0.4 is 10.1 Å². The third-order valence-electron chi connectivity index (χ3n) is 2.24. The highest BCUT2D eigenvalue weighted by atomic mass is 19.1. The van der Waals surface area contributed by atoms with Crippen molar-refractivity contribution in [3.63, 3.8) is 0 Å². The maximum Gasteiger partial charge on any atom is 0.219 e. The van der Waals surface area contributed by atoms with Crippen molar-refractivity contribution in [3.05, 3.63) is 53.7 Å². The lowest BCUT2D eigenvalue weighted by Crippen LogP contribution is -2.05. The first kappa shape index (κ1) is 12.4. The average Bonchev–Trinajstić information content (AvgIpc) is 2.31. The van der Waals surface area contributed by atoms with E-state index in [1.54, 1.807) is 12.3 Å². The van der Waals surface area contributed by atoms with Gasteiger partial charge in [-0.15, -0.1) is 0 Å². The van der Waals surface area contributed by atoms with Gasteiger partial charge in [-0.3, -0.25) is 0 Å². The average molecular weight is 250 g/mol. The molecular formula is C13H12F2N2O. The van der Waals surface area contributed by atoms with Crippen LogP contribution >= 0.6 is 0 Å². The molecule has 0 atom stereocenters. The van der Waals surface area contributed by atoms with Crippen LogP contribution in [-0.2, 0) is 6.54 Å². The van der Waals surface area contributed by atoms with Crippen LogP contribution in [0, 0.1) is 11.6 Å². The number of hydrogen-bond acceptors (Lipinski definition) is 3. The summed E-state index contributed by atoms with van der Waals surface area (Å²) in [5.74, 6) is -0.991. The summed E-state index contributed by atoms with van der Waals surface area (Å²) < 4.78 is 31.2. The summed E-state index contributed by atoms with van der Waals surface area (Å²) >= 11 is 0. The molecule has 5 heteroatoms. The highest BCUT2D eigenvalue weighted by Gasteiger charge is 2.03. The Balaban J connectivity index is 2.13. The standard InChI is InChI=1S/C13H12F2N2O/c1-16-7-9-2-3-13(17-8-9)18-12-5-10(14)4-11(15)6-12/h2-6,8,16H,7H2,1H3. The molecule has 2 aromatic rings. The predicted molar refractivity (Wildman–Crippen MR) is 63.4 cm³/mol. The number of nitrogens with one attached hydrogen (secondary N) is 1. The van der Waals surface area contributed by atoms with Crippen molar-refractivity contribution in [3.8, 4) is 11.6 Å². The van der Waals surface area contributed by atoms with E-state index in [9.17, 15) is 8.78 Å². The minimum absolute atomic E-state index is 0.0846. The van der Waals surface area contributed by atoms with Gasteiger partial charge in [-0.05, 0) is 12.6 Å². The Morgan fingerprint density at radius 3 is 2.44 bits per heavy atom. The number of ether oxygens (including phenoxy) is 1. The first-order valence-corrected chi connectivity index (χ1v) is 5.41. The predicted octanol–water partition coefficient (Wildman–Crippen LogP) is 2.87. The Morgan fingerprint density at radius 1 is 1.17 bits per heavy atom. The van der Waals surface area contributed by atoms with Crippen LogP contribution in [0.2, 0.25) is 0 Å². The van der Waals surface area contributed by atoms with Gasteiger partial charge >= 0.3 is 0 Å². The van der Waals surface area contributed by atoms with E-state index in [4.69, 9.17) is 4.74 Å². The van der Waals surface area contributed by atoms with Gasteiger partial charge in [0.05, 0.1) is 0 Å². The topological polar surface area (TPSA) is 34.1 Å². The zero-order valence-electron chi connectivity index (χ0n) is 9.78. The van der Waals surface area contributed by atoms with Gasteiger partial charge in [-0.2, -0.15) is 0 Å². The number of benzene rings is 1. The molecule has 0 amide bonds. The molecule has 0 spiro atoms. The van der Waals surface area contributed by atoms with Gasteiger partial charge in [0, 0.05) is 37.0 Å². The van der Waals surface area contributed by atoms with Crippen molar-refractivity contribution in [1.82, 2.24) is 10.3 Å². The molecule has 1 heterocycles. The Labute approximate surface area is 103 Å². The third kappa shape index (κ3) is 3.24. The van der Waals surface area contributed by atoms with E-state index in [-0.39, 0.29) is 5.75 Å². The zero-order valence-corrected chi connectivity index (χ0v) is 9.78. The van der Waals surface area contributed by atoms with Crippen LogP contribution in [0.5, 0.6) is 11.6 Å². The molecule has 0 saturated heterocycles. The molecule has 0 aliphatic heterocycles. The fourth-order valence-electron chi connectivity index (χ4n) is 1.49. The van der Waals surface area contributed by atoms with Crippen LogP contribution in [0.15, 0.2) is 36.5 Å². The molecule has 0 saturated carbocycles. The summed E-state index contributed by atoms with van der Waals surface area (Å²) in [7, 11) is 1.83. The van der Waals surface area contributed by atoms with Crippen molar-refractivity contribution in [1.29, 1.82) is 0 Å². The Kier molecular flexibility index (Phi) is 3.84. The monoisotopic (exact) mass is 250 g/mol. The molecule has 0 unspecified atom stereocenters. The lowest BCUT2D eigenvalue weighted by atomic mass is 10.3. The summed E-state index contributed by atoms with van der Waals surface area (Å²) in [6.45, 7) is 0.696. The molecule has 0 aliphatic rings. The van der Waals surface area contributed by atoms with E-state index in [2.05, 4.69) is 10.3 Å². The molecule has 0 radical (unpaired) electrons. The second-order valence-electron chi connectivity index (χ2n) is 3.74. The van der Waals surface area contributed by atoms with Gasteiger partial charge in [0.2, 0.25) is 5.88 Å². The normalized spacial score (nSPS) is 10.4. The molecule has 1 aromatic heterocycles. The second-order valence-corrected chi connectivity index (χ2v) is 3.74. The fourth-order valence-corrected chi connectivity index (χ4v) is 1.49. The summed E-state index contributed by atoms with van der Waals surface area (Å²) in [5.41, 5.74) is 0.996. The first-order chi connectivity index (χ1) is 8.67. The van der Waals surface area contributed by atoms with Crippen LogP contribution in [0.25, 0.3) is 0 Å². The number of aromatic nitrogens is 1. The van der Waals surface area contributed by atoms with E-state index in [1.165, 1.54) is 0 Å². The van der Waals surface area contributed by atoms with E-state index >= 15 is 0 Å². The quantitative estimate of drug-likeness (QED) is 0.906. The lowest BCUT2D eigenvalue weighted by molar-refractivity contribution is 0.451. The molecule has 0 bridgehead atoms. The summed E-state index contributed by atoms with van der Waals surface area (Å²) in [5, 5.41) is 2.99. The molecular weight excluding hydrogens is 238 g/mol. The zero-order chi connectivity index (χ0) is 13.0. The van der Waals surface area contributed by atoms with Crippen LogP contribution in [0.3, 0.4) is 0 Å². The van der Waals surface area contributed by atoms with E-state index in [0.29, 0.717) is 12.4 Å². The molecule has 1 aromatic carbocycles. The number of hydrogen-bond donors (Lipinski definition) is 1. The molecule has 0 aliphatic carbocycles.